The first kappa shape index (κ1) is 24.8. The van der Waals surface area contributed by atoms with Crippen molar-refractivity contribution in [2.45, 2.75) is 79.4 Å². The molecular weight excluding hydrogens is 448 g/mol. The predicted octanol–water partition coefficient (Wildman–Crippen LogP) is 5.47. The molecule has 3 aromatic rings. The lowest BCUT2D eigenvalue weighted by atomic mass is 10.0. The fourth-order valence-electron chi connectivity index (χ4n) is 3.86. The Morgan fingerprint density at radius 3 is 1.57 bits per heavy atom. The summed E-state index contributed by atoms with van der Waals surface area (Å²) < 4.78 is 0. The third-order valence-corrected chi connectivity index (χ3v) is 7.78. The highest BCUT2D eigenvalue weighted by molar-refractivity contribution is 7.97. The Morgan fingerprint density at radius 2 is 1.00 bits per heavy atom. The first-order valence-corrected chi connectivity index (χ1v) is 12.5. The first-order chi connectivity index (χ1) is 14.4. The zero-order valence-corrected chi connectivity index (χ0v) is 20.6. The minimum Gasteiger partial charge on any atom is -1.00 e. The highest BCUT2D eigenvalue weighted by Crippen LogP contribution is 2.33. The summed E-state index contributed by atoms with van der Waals surface area (Å²) in [5.74, 6) is 0. The van der Waals surface area contributed by atoms with Crippen molar-refractivity contribution in [2.24, 2.45) is 0 Å². The van der Waals surface area contributed by atoms with Gasteiger partial charge in [0.25, 0.3) is 0 Å². The second-order valence-electron chi connectivity index (χ2n) is 7.76. The molecule has 0 fully saturated rings. The summed E-state index contributed by atoms with van der Waals surface area (Å²) in [6.45, 7) is 2.29. The van der Waals surface area contributed by atoms with E-state index in [1.165, 1.54) is 78.0 Å². The molecule has 3 aromatic carbocycles. The van der Waals surface area contributed by atoms with E-state index in [1.54, 1.807) is 0 Å². The molecule has 0 aliphatic rings. The van der Waals surface area contributed by atoms with Crippen LogP contribution in [0.15, 0.2) is 99.6 Å². The quantitative estimate of drug-likeness (QED) is 0.237. The van der Waals surface area contributed by atoms with Gasteiger partial charge in [-0.3, -0.25) is 0 Å². The summed E-state index contributed by atoms with van der Waals surface area (Å²) in [6, 6.07) is 31.1. The first-order valence-electron chi connectivity index (χ1n) is 11.3. The van der Waals surface area contributed by atoms with E-state index in [0.29, 0.717) is 0 Å². The molecule has 0 saturated heterocycles. The zero-order valence-electron chi connectivity index (χ0n) is 18.2. The molecule has 0 aliphatic carbocycles. The van der Waals surface area contributed by atoms with E-state index in [1.807, 2.05) is 0 Å². The van der Waals surface area contributed by atoms with Crippen LogP contribution in [-0.4, -0.2) is 0 Å². The van der Waals surface area contributed by atoms with Crippen molar-refractivity contribution in [3.8, 4) is 0 Å². The lowest BCUT2D eigenvalue weighted by Gasteiger charge is -2.12. The largest absolute Gasteiger partial charge is 1.00 e. The minimum atomic E-state index is -0.0388. The van der Waals surface area contributed by atoms with E-state index in [2.05, 4.69) is 91.9 Å². The Morgan fingerprint density at radius 1 is 0.533 bits per heavy atom. The van der Waals surface area contributed by atoms with Crippen LogP contribution in [-0.2, 0) is 17.3 Å². The number of hydrogen-bond donors (Lipinski definition) is 0. The van der Waals surface area contributed by atoms with Gasteiger partial charge in [-0.1, -0.05) is 106 Å². The molecule has 0 unspecified atom stereocenters. The average Bonchev–Trinajstić information content (AvgIpc) is 2.78. The Balaban J connectivity index is 0.00000320. The molecule has 3 rings (SSSR count). The van der Waals surface area contributed by atoms with Gasteiger partial charge in [0.1, 0.15) is 0 Å². The minimum absolute atomic E-state index is 0. The Hall–Kier alpha value is -1.51. The van der Waals surface area contributed by atoms with Gasteiger partial charge < -0.3 is 17.0 Å². The fourth-order valence-corrected chi connectivity index (χ4v) is 6.15. The molecule has 160 valence electrons. The average molecular weight is 484 g/mol. The van der Waals surface area contributed by atoms with Crippen molar-refractivity contribution in [1.82, 2.24) is 0 Å². The topological polar surface area (TPSA) is 0 Å². The van der Waals surface area contributed by atoms with Crippen LogP contribution < -0.4 is 17.0 Å². The van der Waals surface area contributed by atoms with E-state index >= 15 is 0 Å². The Kier molecular flexibility index (Phi) is 12.0. The van der Waals surface area contributed by atoms with Gasteiger partial charge in [0.2, 0.25) is 0 Å². The number of rotatable bonds is 12. The molecule has 0 spiro atoms. The number of aryl methyl sites for hydroxylation is 1. The van der Waals surface area contributed by atoms with Crippen molar-refractivity contribution >= 4 is 10.9 Å². The summed E-state index contributed by atoms with van der Waals surface area (Å²) in [5.41, 5.74) is 1.52. The van der Waals surface area contributed by atoms with Crippen molar-refractivity contribution < 1.29 is 17.0 Å². The van der Waals surface area contributed by atoms with Crippen LogP contribution in [0.2, 0.25) is 0 Å². The standard InChI is InChI=1S/C28H35S.BrH/c1-2-3-4-5-6-7-8-11-18-25-19-16-17-24-28(25)29(26-20-12-9-13-21-26)27-22-14-10-15-23-27;/h9-10,12-17,19-24H,2-8,11,18H2,1H3;1H/q+1;/p-1. The molecule has 0 heterocycles. The van der Waals surface area contributed by atoms with Crippen LogP contribution >= 0.6 is 0 Å². The molecule has 0 N–H and O–H groups in total. The highest BCUT2D eigenvalue weighted by Gasteiger charge is 2.30. The lowest BCUT2D eigenvalue weighted by molar-refractivity contribution is -0.00000598. The van der Waals surface area contributed by atoms with Crippen molar-refractivity contribution in [2.75, 3.05) is 0 Å². The molecule has 2 heteroatoms. The fraction of sp³-hybridized carbons (Fsp3) is 0.357. The number of benzene rings is 3. The van der Waals surface area contributed by atoms with Gasteiger partial charge in [-0.2, -0.15) is 0 Å². The molecule has 0 aliphatic heterocycles. The van der Waals surface area contributed by atoms with Gasteiger partial charge in [-0.15, -0.1) is 0 Å². The molecule has 0 aromatic heterocycles. The normalized spacial score (nSPS) is 10.7. The van der Waals surface area contributed by atoms with Gasteiger partial charge >= 0.3 is 0 Å². The molecule has 0 amide bonds. The second-order valence-corrected chi connectivity index (χ2v) is 9.76. The maximum Gasteiger partial charge on any atom is 0.169 e. The van der Waals surface area contributed by atoms with Crippen molar-refractivity contribution in [3.05, 3.63) is 90.5 Å². The summed E-state index contributed by atoms with van der Waals surface area (Å²) in [7, 11) is -0.0388. The van der Waals surface area contributed by atoms with E-state index in [4.69, 9.17) is 0 Å². The van der Waals surface area contributed by atoms with Gasteiger partial charge in [0.15, 0.2) is 14.7 Å². The van der Waals surface area contributed by atoms with Crippen molar-refractivity contribution in [1.29, 1.82) is 0 Å². The van der Waals surface area contributed by atoms with Crippen molar-refractivity contribution in [3.63, 3.8) is 0 Å². The van der Waals surface area contributed by atoms with Crippen LogP contribution in [0.3, 0.4) is 0 Å². The Bertz CT molecular complexity index is 777. The molecule has 0 atom stereocenters. The Labute approximate surface area is 197 Å². The van der Waals surface area contributed by atoms with E-state index < -0.39 is 0 Å². The molecular formula is C28H35BrS. The summed E-state index contributed by atoms with van der Waals surface area (Å²) >= 11 is 0. The smallest absolute Gasteiger partial charge is 0.169 e. The number of unbranched alkanes of at least 4 members (excludes halogenated alkanes) is 7. The molecule has 0 bridgehead atoms. The van der Waals surface area contributed by atoms with Crippen LogP contribution in [0.5, 0.6) is 0 Å². The third-order valence-electron chi connectivity index (χ3n) is 5.45. The zero-order chi connectivity index (χ0) is 20.2. The lowest BCUT2D eigenvalue weighted by Crippen LogP contribution is -3.00. The number of hydrogen-bond acceptors (Lipinski definition) is 0. The van der Waals surface area contributed by atoms with Crippen LogP contribution in [0.4, 0.5) is 0 Å². The van der Waals surface area contributed by atoms with E-state index in [9.17, 15) is 0 Å². The van der Waals surface area contributed by atoms with E-state index in [-0.39, 0.29) is 27.9 Å². The monoisotopic (exact) mass is 482 g/mol. The van der Waals surface area contributed by atoms with Crippen LogP contribution in [0, 0.1) is 0 Å². The third kappa shape index (κ3) is 7.63. The maximum absolute atomic E-state index is 2.35. The van der Waals surface area contributed by atoms with Crippen LogP contribution in [0.1, 0.15) is 63.9 Å². The predicted molar refractivity (Wildman–Crippen MR) is 128 cm³/mol. The van der Waals surface area contributed by atoms with Gasteiger partial charge in [-0.25, -0.2) is 0 Å². The van der Waals surface area contributed by atoms with Crippen LogP contribution in [0.25, 0.3) is 0 Å². The molecule has 0 radical (unpaired) electrons. The molecule has 0 nitrogen and oxygen atoms in total. The van der Waals surface area contributed by atoms with E-state index in [0.717, 1.165) is 0 Å². The summed E-state index contributed by atoms with van der Waals surface area (Å²) in [4.78, 5) is 4.30. The summed E-state index contributed by atoms with van der Waals surface area (Å²) in [5, 5.41) is 0. The highest BCUT2D eigenvalue weighted by atomic mass is 79.9. The van der Waals surface area contributed by atoms with Gasteiger partial charge in [0.05, 0.1) is 10.9 Å². The number of halogens is 1. The van der Waals surface area contributed by atoms with Gasteiger partial charge in [-0.05, 0) is 43.2 Å². The van der Waals surface area contributed by atoms with Gasteiger partial charge in [0, 0.05) is 5.56 Å². The second kappa shape index (κ2) is 14.5. The SMILES string of the molecule is CCCCCCCCCCc1ccccc1[S+](c1ccccc1)c1ccccc1.[Br-]. The molecule has 0 saturated carbocycles. The molecule has 30 heavy (non-hydrogen) atoms. The maximum atomic E-state index is 2.35. The summed E-state index contributed by atoms with van der Waals surface area (Å²) in [6.07, 6.45) is 12.2.